The number of nitrogens with one attached hydrogen (secondary N) is 1. The number of halogens is 1. The second kappa shape index (κ2) is 5.69. The molecule has 0 bridgehead atoms. The van der Waals surface area contributed by atoms with Gasteiger partial charge in [0.25, 0.3) is 5.91 Å². The summed E-state index contributed by atoms with van der Waals surface area (Å²) in [4.78, 5) is 12.0. The van der Waals surface area contributed by atoms with Gasteiger partial charge in [-0.3, -0.25) is 4.79 Å². The fourth-order valence-corrected chi connectivity index (χ4v) is 2.25. The molecule has 5 heteroatoms. The van der Waals surface area contributed by atoms with Crippen LogP contribution < -0.4 is 11.1 Å². The van der Waals surface area contributed by atoms with Gasteiger partial charge in [0.1, 0.15) is 11.6 Å². The van der Waals surface area contributed by atoms with Gasteiger partial charge in [0.15, 0.2) is 5.76 Å². The van der Waals surface area contributed by atoms with Crippen LogP contribution in [-0.4, -0.2) is 18.5 Å². The summed E-state index contributed by atoms with van der Waals surface area (Å²) >= 11 is 0. The van der Waals surface area contributed by atoms with Gasteiger partial charge in [-0.25, -0.2) is 4.39 Å². The largest absolute Gasteiger partial charge is 0.451 e. The van der Waals surface area contributed by atoms with E-state index in [1.54, 1.807) is 30.3 Å². The number of nitrogens with two attached hydrogens (primary N) is 1. The summed E-state index contributed by atoms with van der Waals surface area (Å²) in [5.74, 6) is 0.320. The molecule has 0 saturated heterocycles. The van der Waals surface area contributed by atoms with Crippen molar-refractivity contribution < 1.29 is 13.6 Å². The molecule has 110 valence electrons. The summed E-state index contributed by atoms with van der Waals surface area (Å²) in [6.07, 6.45) is 2.27. The number of benzene rings is 1. The SMILES string of the molecule is NC(CNC(=O)c1ccc(-c2ccccc2F)o1)C1CC1. The molecule has 0 radical (unpaired) electrons. The van der Waals surface area contributed by atoms with Crippen molar-refractivity contribution in [2.75, 3.05) is 6.54 Å². The van der Waals surface area contributed by atoms with Crippen LogP contribution in [0.4, 0.5) is 4.39 Å². The number of furan rings is 1. The molecule has 4 nitrogen and oxygen atoms in total. The molecule has 1 aliphatic carbocycles. The molecule has 3 N–H and O–H groups in total. The van der Waals surface area contributed by atoms with Crippen molar-refractivity contribution in [2.24, 2.45) is 11.7 Å². The van der Waals surface area contributed by atoms with E-state index < -0.39 is 0 Å². The van der Waals surface area contributed by atoms with E-state index in [4.69, 9.17) is 10.2 Å². The fraction of sp³-hybridized carbons (Fsp3) is 0.312. The molecular formula is C16H17FN2O2. The Bertz CT molecular complexity index is 649. The molecule has 1 heterocycles. The van der Waals surface area contributed by atoms with Gasteiger partial charge in [-0.2, -0.15) is 0 Å². The first-order valence-electron chi connectivity index (χ1n) is 7.03. The molecule has 1 unspecified atom stereocenters. The van der Waals surface area contributed by atoms with Crippen molar-refractivity contribution >= 4 is 5.91 Å². The number of carbonyl (C=O) groups excluding carboxylic acids is 1. The summed E-state index contributed by atoms with van der Waals surface area (Å²) in [6, 6.07) is 9.41. The van der Waals surface area contributed by atoms with E-state index >= 15 is 0 Å². The Balaban J connectivity index is 1.66. The summed E-state index contributed by atoms with van der Waals surface area (Å²) in [6.45, 7) is 0.430. The second-order valence-corrected chi connectivity index (χ2v) is 5.36. The predicted molar refractivity (Wildman–Crippen MR) is 77.1 cm³/mol. The molecule has 1 atom stereocenters. The standard InChI is InChI=1S/C16H17FN2O2/c17-12-4-2-1-3-11(12)14-7-8-15(21-14)16(20)19-9-13(18)10-5-6-10/h1-4,7-8,10,13H,5-6,9,18H2,(H,19,20). The van der Waals surface area contributed by atoms with Crippen LogP contribution in [0.1, 0.15) is 23.4 Å². The highest BCUT2D eigenvalue weighted by molar-refractivity contribution is 5.92. The Morgan fingerprint density at radius 3 is 2.81 bits per heavy atom. The first-order chi connectivity index (χ1) is 10.1. The Hall–Kier alpha value is -2.14. The van der Waals surface area contributed by atoms with Crippen LogP contribution in [0.25, 0.3) is 11.3 Å². The van der Waals surface area contributed by atoms with Crippen molar-refractivity contribution in [1.29, 1.82) is 0 Å². The Morgan fingerprint density at radius 1 is 1.33 bits per heavy atom. The average molecular weight is 288 g/mol. The van der Waals surface area contributed by atoms with Gasteiger partial charge in [0.05, 0.1) is 5.56 Å². The van der Waals surface area contributed by atoms with E-state index in [1.165, 1.54) is 6.07 Å². The highest BCUT2D eigenvalue weighted by atomic mass is 19.1. The third-order valence-electron chi connectivity index (χ3n) is 3.69. The van der Waals surface area contributed by atoms with Crippen LogP contribution in [0.15, 0.2) is 40.8 Å². The topological polar surface area (TPSA) is 68.3 Å². The molecule has 1 aliphatic rings. The maximum Gasteiger partial charge on any atom is 0.287 e. The van der Waals surface area contributed by atoms with E-state index in [-0.39, 0.29) is 23.5 Å². The molecule has 0 spiro atoms. The predicted octanol–water partition coefficient (Wildman–Crippen LogP) is 2.55. The normalized spacial score (nSPS) is 15.7. The average Bonchev–Trinajstić information content (AvgIpc) is 3.23. The van der Waals surface area contributed by atoms with Crippen molar-refractivity contribution in [2.45, 2.75) is 18.9 Å². The number of amides is 1. The lowest BCUT2D eigenvalue weighted by Gasteiger charge is -2.10. The van der Waals surface area contributed by atoms with Crippen molar-refractivity contribution in [3.05, 3.63) is 48.0 Å². The molecular weight excluding hydrogens is 271 g/mol. The maximum atomic E-state index is 13.7. The molecule has 1 fully saturated rings. The Labute approximate surface area is 122 Å². The summed E-state index contributed by atoms with van der Waals surface area (Å²) in [5.41, 5.74) is 6.27. The van der Waals surface area contributed by atoms with Crippen LogP contribution in [0.2, 0.25) is 0 Å². The maximum absolute atomic E-state index is 13.7. The van der Waals surface area contributed by atoms with Gasteiger partial charge in [-0.05, 0) is 43.0 Å². The quantitative estimate of drug-likeness (QED) is 0.888. The number of rotatable bonds is 5. The molecule has 1 saturated carbocycles. The van der Waals surface area contributed by atoms with Gasteiger partial charge >= 0.3 is 0 Å². The summed E-state index contributed by atoms with van der Waals surface area (Å²) in [7, 11) is 0. The van der Waals surface area contributed by atoms with Gasteiger partial charge in [0, 0.05) is 12.6 Å². The highest BCUT2D eigenvalue weighted by Crippen LogP contribution is 2.31. The number of hydrogen-bond acceptors (Lipinski definition) is 3. The number of carbonyl (C=O) groups is 1. The lowest BCUT2D eigenvalue weighted by molar-refractivity contribution is 0.0923. The van der Waals surface area contributed by atoms with Crippen molar-refractivity contribution in [1.82, 2.24) is 5.32 Å². The zero-order valence-corrected chi connectivity index (χ0v) is 11.5. The minimum atomic E-state index is -0.380. The van der Waals surface area contributed by atoms with Crippen LogP contribution in [0.3, 0.4) is 0 Å². The molecule has 2 aromatic rings. The van der Waals surface area contributed by atoms with Gasteiger partial charge in [-0.15, -0.1) is 0 Å². The van der Waals surface area contributed by atoms with E-state index in [0.717, 1.165) is 12.8 Å². The second-order valence-electron chi connectivity index (χ2n) is 5.36. The molecule has 1 aromatic heterocycles. The lowest BCUT2D eigenvalue weighted by Crippen LogP contribution is -2.38. The minimum Gasteiger partial charge on any atom is -0.451 e. The summed E-state index contributed by atoms with van der Waals surface area (Å²) < 4.78 is 19.1. The molecule has 21 heavy (non-hydrogen) atoms. The van der Waals surface area contributed by atoms with E-state index in [0.29, 0.717) is 23.8 Å². The minimum absolute atomic E-state index is 0.00468. The third kappa shape index (κ3) is 3.13. The zero-order chi connectivity index (χ0) is 14.8. The molecule has 1 amide bonds. The van der Waals surface area contributed by atoms with Crippen molar-refractivity contribution in [3.8, 4) is 11.3 Å². The van der Waals surface area contributed by atoms with E-state index in [9.17, 15) is 9.18 Å². The van der Waals surface area contributed by atoms with Crippen LogP contribution in [-0.2, 0) is 0 Å². The van der Waals surface area contributed by atoms with Gasteiger partial charge in [0.2, 0.25) is 0 Å². The van der Waals surface area contributed by atoms with Crippen molar-refractivity contribution in [3.63, 3.8) is 0 Å². The van der Waals surface area contributed by atoms with E-state index in [1.807, 2.05) is 0 Å². The van der Waals surface area contributed by atoms with Crippen LogP contribution in [0.5, 0.6) is 0 Å². The Morgan fingerprint density at radius 2 is 2.10 bits per heavy atom. The monoisotopic (exact) mass is 288 g/mol. The van der Waals surface area contributed by atoms with E-state index in [2.05, 4.69) is 5.32 Å². The first-order valence-corrected chi connectivity index (χ1v) is 7.03. The first kappa shape index (κ1) is 13.8. The smallest absolute Gasteiger partial charge is 0.287 e. The number of hydrogen-bond donors (Lipinski definition) is 2. The molecule has 3 rings (SSSR count). The zero-order valence-electron chi connectivity index (χ0n) is 11.5. The fourth-order valence-electron chi connectivity index (χ4n) is 2.25. The van der Waals surface area contributed by atoms with Gasteiger partial charge < -0.3 is 15.5 Å². The molecule has 0 aliphatic heterocycles. The highest BCUT2D eigenvalue weighted by Gasteiger charge is 2.28. The van der Waals surface area contributed by atoms with Gasteiger partial charge in [-0.1, -0.05) is 12.1 Å². The third-order valence-corrected chi connectivity index (χ3v) is 3.69. The lowest BCUT2D eigenvalue weighted by atomic mass is 10.1. The van der Waals surface area contributed by atoms with Crippen LogP contribution >= 0.6 is 0 Å². The van der Waals surface area contributed by atoms with Crippen LogP contribution in [0, 0.1) is 11.7 Å². The Kier molecular flexibility index (Phi) is 3.75. The summed E-state index contributed by atoms with van der Waals surface area (Å²) in [5, 5.41) is 2.75. The molecule has 1 aromatic carbocycles.